The smallest absolute Gasteiger partial charge is 0.339 e. The molecule has 0 aliphatic heterocycles. The summed E-state index contributed by atoms with van der Waals surface area (Å²) in [4.78, 5) is 21.6. The van der Waals surface area contributed by atoms with Crippen molar-refractivity contribution in [2.75, 3.05) is 7.11 Å². The van der Waals surface area contributed by atoms with Gasteiger partial charge >= 0.3 is 5.97 Å². The summed E-state index contributed by atoms with van der Waals surface area (Å²) in [5.41, 5.74) is 0.642. The minimum atomic E-state index is -0.606. The predicted octanol–water partition coefficient (Wildman–Crippen LogP) is 3.04. The number of halogens is 2. The van der Waals surface area contributed by atoms with Gasteiger partial charge in [-0.1, -0.05) is 22.0 Å². The number of methoxy groups -OCH3 is 1. The molecule has 0 aliphatic rings. The lowest BCUT2D eigenvalue weighted by atomic mass is 10.1. The fourth-order valence-electron chi connectivity index (χ4n) is 1.18. The Morgan fingerprint density at radius 2 is 2.19 bits per heavy atom. The molecule has 5 nitrogen and oxygen atoms in total. The Hall–Kier alpha value is -0.950. The van der Waals surface area contributed by atoms with E-state index in [1.165, 1.54) is 19.2 Å². The zero-order valence-corrected chi connectivity index (χ0v) is 11.4. The number of hydrogen-bond acceptors (Lipinski definition) is 4. The van der Waals surface area contributed by atoms with E-state index in [-0.39, 0.29) is 15.7 Å². The van der Waals surface area contributed by atoms with E-state index >= 15 is 0 Å². The number of nitro benzene ring substituents is 1. The Morgan fingerprint density at radius 3 is 2.62 bits per heavy atom. The summed E-state index contributed by atoms with van der Waals surface area (Å²) in [7, 11) is 1.23. The summed E-state index contributed by atoms with van der Waals surface area (Å²) in [6.07, 6.45) is 0. The monoisotopic (exact) mass is 351 g/mol. The molecular formula is C9H7Br2NO4. The fraction of sp³-hybridized carbons (Fsp3) is 0.222. The van der Waals surface area contributed by atoms with Crippen molar-refractivity contribution in [3.63, 3.8) is 0 Å². The molecule has 16 heavy (non-hydrogen) atoms. The average Bonchev–Trinajstić information content (AvgIpc) is 2.26. The molecule has 86 valence electrons. The van der Waals surface area contributed by atoms with E-state index in [0.717, 1.165) is 0 Å². The molecule has 0 fully saturated rings. The molecule has 7 heteroatoms. The quantitative estimate of drug-likeness (QED) is 0.363. The van der Waals surface area contributed by atoms with Crippen LogP contribution in [0.3, 0.4) is 0 Å². The molecule has 0 N–H and O–H groups in total. The van der Waals surface area contributed by atoms with Gasteiger partial charge in [-0.15, -0.1) is 0 Å². The standard InChI is InChI=1S/C9H7Br2NO4/c1-16-9(13)7-5(4-10)2-3-6(8(7)11)12(14)15/h2-3H,4H2,1H3. The minimum Gasteiger partial charge on any atom is -0.465 e. The Bertz CT molecular complexity index is 447. The van der Waals surface area contributed by atoms with Crippen LogP contribution in [0.4, 0.5) is 5.69 Å². The van der Waals surface area contributed by atoms with Gasteiger partial charge in [0.15, 0.2) is 0 Å². The lowest BCUT2D eigenvalue weighted by Crippen LogP contribution is -2.07. The second-order valence-electron chi connectivity index (χ2n) is 2.82. The van der Waals surface area contributed by atoms with Gasteiger partial charge in [0, 0.05) is 11.4 Å². The third kappa shape index (κ3) is 2.41. The van der Waals surface area contributed by atoms with Crippen LogP contribution in [0.25, 0.3) is 0 Å². The van der Waals surface area contributed by atoms with Gasteiger partial charge in [-0.05, 0) is 21.5 Å². The summed E-state index contributed by atoms with van der Waals surface area (Å²) in [6.45, 7) is 0. The number of rotatable bonds is 3. The highest BCUT2D eigenvalue weighted by molar-refractivity contribution is 9.10. The summed E-state index contributed by atoms with van der Waals surface area (Å²) >= 11 is 6.25. The molecule has 0 radical (unpaired) electrons. The predicted molar refractivity (Wildman–Crippen MR) is 64.8 cm³/mol. The molecule has 1 rings (SSSR count). The number of hydrogen-bond donors (Lipinski definition) is 0. The zero-order chi connectivity index (χ0) is 12.3. The lowest BCUT2D eigenvalue weighted by molar-refractivity contribution is -0.385. The molecule has 0 unspecified atom stereocenters. The van der Waals surface area contributed by atoms with Gasteiger partial charge in [-0.25, -0.2) is 4.79 Å². The minimum absolute atomic E-state index is 0.140. The van der Waals surface area contributed by atoms with Crippen LogP contribution in [-0.4, -0.2) is 18.0 Å². The Morgan fingerprint density at radius 1 is 1.56 bits per heavy atom. The molecule has 0 heterocycles. The van der Waals surface area contributed by atoms with E-state index in [2.05, 4.69) is 36.6 Å². The van der Waals surface area contributed by atoms with E-state index < -0.39 is 10.9 Å². The van der Waals surface area contributed by atoms with Gasteiger partial charge in [-0.3, -0.25) is 10.1 Å². The molecule has 0 aliphatic carbocycles. The first-order valence-corrected chi connectivity index (χ1v) is 6.04. The highest BCUT2D eigenvalue weighted by Crippen LogP contribution is 2.32. The Balaban J connectivity index is 3.46. The third-order valence-electron chi connectivity index (χ3n) is 1.94. The van der Waals surface area contributed by atoms with Crippen LogP contribution in [0, 0.1) is 10.1 Å². The zero-order valence-electron chi connectivity index (χ0n) is 8.20. The molecule has 0 spiro atoms. The Kier molecular flexibility index (Phi) is 4.43. The topological polar surface area (TPSA) is 69.4 Å². The van der Waals surface area contributed by atoms with Gasteiger partial charge in [-0.2, -0.15) is 0 Å². The first kappa shape index (κ1) is 13.1. The van der Waals surface area contributed by atoms with Crippen LogP contribution in [0.2, 0.25) is 0 Å². The van der Waals surface area contributed by atoms with E-state index in [1.807, 2.05) is 0 Å². The first-order chi connectivity index (χ1) is 7.52. The molecule has 0 amide bonds. The van der Waals surface area contributed by atoms with Gasteiger partial charge in [0.1, 0.15) is 4.47 Å². The van der Waals surface area contributed by atoms with Gasteiger partial charge < -0.3 is 4.74 Å². The van der Waals surface area contributed by atoms with Crippen molar-refractivity contribution in [1.82, 2.24) is 0 Å². The molecule has 0 saturated heterocycles. The number of carbonyl (C=O) groups is 1. The second-order valence-corrected chi connectivity index (χ2v) is 4.17. The first-order valence-electron chi connectivity index (χ1n) is 4.13. The van der Waals surface area contributed by atoms with Crippen LogP contribution in [-0.2, 0) is 10.1 Å². The molecular weight excluding hydrogens is 346 g/mol. The van der Waals surface area contributed by atoms with Crippen molar-refractivity contribution >= 4 is 43.5 Å². The van der Waals surface area contributed by atoms with Crippen molar-refractivity contribution in [2.24, 2.45) is 0 Å². The van der Waals surface area contributed by atoms with Crippen molar-refractivity contribution in [2.45, 2.75) is 5.33 Å². The van der Waals surface area contributed by atoms with Crippen molar-refractivity contribution in [1.29, 1.82) is 0 Å². The van der Waals surface area contributed by atoms with Gasteiger partial charge in [0.2, 0.25) is 0 Å². The van der Waals surface area contributed by atoms with Crippen molar-refractivity contribution in [3.8, 4) is 0 Å². The summed E-state index contributed by atoms with van der Waals surface area (Å²) < 4.78 is 4.72. The molecule has 0 atom stereocenters. The average molecular weight is 353 g/mol. The highest BCUT2D eigenvalue weighted by atomic mass is 79.9. The summed E-state index contributed by atoms with van der Waals surface area (Å²) in [5.74, 6) is -0.606. The maximum atomic E-state index is 11.5. The Labute approximate surface area is 108 Å². The number of benzene rings is 1. The largest absolute Gasteiger partial charge is 0.465 e. The maximum absolute atomic E-state index is 11.5. The molecule has 0 bridgehead atoms. The van der Waals surface area contributed by atoms with E-state index in [0.29, 0.717) is 10.9 Å². The van der Waals surface area contributed by atoms with E-state index in [1.54, 1.807) is 0 Å². The number of esters is 1. The van der Waals surface area contributed by atoms with Gasteiger partial charge in [0.05, 0.1) is 17.6 Å². The van der Waals surface area contributed by atoms with Gasteiger partial charge in [0.25, 0.3) is 5.69 Å². The lowest BCUT2D eigenvalue weighted by Gasteiger charge is -2.07. The van der Waals surface area contributed by atoms with Crippen LogP contribution in [0.15, 0.2) is 16.6 Å². The number of nitro groups is 1. The number of nitrogens with zero attached hydrogens (tertiary/aromatic N) is 1. The van der Waals surface area contributed by atoms with E-state index in [9.17, 15) is 14.9 Å². The maximum Gasteiger partial charge on any atom is 0.339 e. The van der Waals surface area contributed by atoms with Crippen LogP contribution in [0.5, 0.6) is 0 Å². The SMILES string of the molecule is COC(=O)c1c(CBr)ccc([N+](=O)[O-])c1Br. The van der Waals surface area contributed by atoms with Crippen molar-refractivity contribution < 1.29 is 14.5 Å². The molecule has 0 aromatic heterocycles. The van der Waals surface area contributed by atoms with Crippen molar-refractivity contribution in [3.05, 3.63) is 37.8 Å². The fourth-order valence-corrected chi connectivity index (χ4v) is 2.34. The molecule has 1 aromatic carbocycles. The second kappa shape index (κ2) is 5.40. The summed E-state index contributed by atoms with van der Waals surface area (Å²) in [6, 6.07) is 2.86. The van der Waals surface area contributed by atoms with Crippen LogP contribution >= 0.6 is 31.9 Å². The number of alkyl halides is 1. The highest BCUT2D eigenvalue weighted by Gasteiger charge is 2.23. The normalized spacial score (nSPS) is 9.94. The number of carbonyl (C=O) groups excluding carboxylic acids is 1. The van der Waals surface area contributed by atoms with Crippen LogP contribution in [0.1, 0.15) is 15.9 Å². The van der Waals surface area contributed by atoms with E-state index in [4.69, 9.17) is 0 Å². The molecule has 0 saturated carbocycles. The summed E-state index contributed by atoms with van der Waals surface area (Å²) in [5, 5.41) is 11.1. The number of ether oxygens (including phenoxy) is 1. The molecule has 1 aromatic rings. The van der Waals surface area contributed by atoms with Crippen LogP contribution < -0.4 is 0 Å². The third-order valence-corrected chi connectivity index (χ3v) is 3.34.